The predicted octanol–water partition coefficient (Wildman–Crippen LogP) is 7.60. The van der Waals surface area contributed by atoms with Crippen molar-refractivity contribution in [2.45, 2.75) is 32.3 Å². The van der Waals surface area contributed by atoms with Gasteiger partial charge >= 0.3 is 0 Å². The minimum absolute atomic E-state index is 0.581. The van der Waals surface area contributed by atoms with Crippen LogP contribution in [-0.4, -0.2) is 0 Å². The molecule has 5 aromatic rings. The molecule has 0 N–H and O–H groups in total. The molecule has 0 radical (unpaired) electrons. The summed E-state index contributed by atoms with van der Waals surface area (Å²) in [6.07, 6.45) is 5.08. The zero-order chi connectivity index (χ0) is 19.9. The van der Waals surface area contributed by atoms with E-state index in [2.05, 4.69) is 84.9 Å². The standard InChI is InChI=1S/C29H24O/c1-2-7-23-17-20(9-10-21(23)5-1)19-30-25-13-16-27-24(18-25)12-15-28-26-8-4-3-6-22(26)11-14-29(27)28/h1-2,5,7,9-18H,3-4,6,8,19H2. The van der Waals surface area contributed by atoms with Gasteiger partial charge in [-0.15, -0.1) is 0 Å². The minimum atomic E-state index is 0.581. The molecule has 1 heteroatoms. The van der Waals surface area contributed by atoms with Gasteiger partial charge < -0.3 is 4.74 Å². The zero-order valence-corrected chi connectivity index (χ0v) is 17.0. The van der Waals surface area contributed by atoms with Crippen LogP contribution in [0.5, 0.6) is 5.75 Å². The largest absolute Gasteiger partial charge is 0.489 e. The van der Waals surface area contributed by atoms with Gasteiger partial charge in [0.2, 0.25) is 0 Å². The molecule has 0 saturated heterocycles. The average molecular weight is 389 g/mol. The number of benzene rings is 5. The second-order valence-electron chi connectivity index (χ2n) is 8.42. The van der Waals surface area contributed by atoms with E-state index in [1.54, 1.807) is 11.1 Å². The van der Waals surface area contributed by atoms with Crippen LogP contribution >= 0.6 is 0 Å². The quantitative estimate of drug-likeness (QED) is 0.289. The number of ether oxygens (including phenoxy) is 1. The maximum Gasteiger partial charge on any atom is 0.120 e. The summed E-state index contributed by atoms with van der Waals surface area (Å²) in [5.41, 5.74) is 4.31. The maximum atomic E-state index is 6.15. The summed E-state index contributed by atoms with van der Waals surface area (Å²) < 4.78 is 6.15. The molecule has 0 unspecified atom stereocenters. The zero-order valence-electron chi connectivity index (χ0n) is 17.0. The van der Waals surface area contributed by atoms with Crippen LogP contribution in [0.3, 0.4) is 0 Å². The van der Waals surface area contributed by atoms with E-state index in [0.29, 0.717) is 6.61 Å². The van der Waals surface area contributed by atoms with Crippen molar-refractivity contribution in [2.75, 3.05) is 0 Å². The Morgan fingerprint density at radius 2 is 1.40 bits per heavy atom. The molecular weight excluding hydrogens is 364 g/mol. The Labute approximate surface area is 176 Å². The third-order valence-corrected chi connectivity index (χ3v) is 6.54. The summed E-state index contributed by atoms with van der Waals surface area (Å²) in [6.45, 7) is 0.581. The van der Waals surface area contributed by atoms with E-state index in [1.165, 1.54) is 63.6 Å². The highest BCUT2D eigenvalue weighted by Gasteiger charge is 2.13. The summed E-state index contributed by atoms with van der Waals surface area (Å²) in [7, 11) is 0. The number of rotatable bonds is 3. The smallest absolute Gasteiger partial charge is 0.120 e. The molecule has 0 aromatic heterocycles. The second-order valence-corrected chi connectivity index (χ2v) is 8.42. The lowest BCUT2D eigenvalue weighted by atomic mass is 9.86. The molecule has 0 aliphatic heterocycles. The number of hydrogen-bond acceptors (Lipinski definition) is 1. The van der Waals surface area contributed by atoms with Gasteiger partial charge in [-0.1, -0.05) is 66.7 Å². The lowest BCUT2D eigenvalue weighted by molar-refractivity contribution is 0.307. The highest BCUT2D eigenvalue weighted by atomic mass is 16.5. The lowest BCUT2D eigenvalue weighted by Crippen LogP contribution is -2.03. The van der Waals surface area contributed by atoms with E-state index in [9.17, 15) is 0 Å². The Hall–Kier alpha value is -3.32. The van der Waals surface area contributed by atoms with Gasteiger partial charge in [-0.3, -0.25) is 0 Å². The Kier molecular flexibility index (Phi) is 4.19. The number of fused-ring (bicyclic) bond motifs is 6. The third kappa shape index (κ3) is 3.02. The molecule has 1 aliphatic carbocycles. The van der Waals surface area contributed by atoms with Crippen molar-refractivity contribution in [1.29, 1.82) is 0 Å². The molecule has 1 aliphatic rings. The van der Waals surface area contributed by atoms with Crippen LogP contribution in [-0.2, 0) is 19.4 Å². The van der Waals surface area contributed by atoms with Crippen LogP contribution in [0.25, 0.3) is 32.3 Å². The van der Waals surface area contributed by atoms with Gasteiger partial charge in [-0.25, -0.2) is 0 Å². The van der Waals surface area contributed by atoms with Gasteiger partial charge in [0.1, 0.15) is 12.4 Å². The summed E-state index contributed by atoms with van der Waals surface area (Å²) in [5.74, 6) is 0.924. The summed E-state index contributed by atoms with van der Waals surface area (Å²) >= 11 is 0. The molecule has 146 valence electrons. The number of hydrogen-bond donors (Lipinski definition) is 0. The van der Waals surface area contributed by atoms with Crippen molar-refractivity contribution in [1.82, 2.24) is 0 Å². The van der Waals surface area contributed by atoms with Crippen LogP contribution < -0.4 is 4.74 Å². The average Bonchev–Trinajstić information content (AvgIpc) is 2.82. The van der Waals surface area contributed by atoms with Crippen molar-refractivity contribution in [2.24, 2.45) is 0 Å². The van der Waals surface area contributed by atoms with Crippen LogP contribution in [0.15, 0.2) is 84.9 Å². The highest BCUT2D eigenvalue weighted by Crippen LogP contribution is 2.34. The fourth-order valence-electron chi connectivity index (χ4n) is 4.96. The molecule has 0 fully saturated rings. The molecule has 1 nitrogen and oxygen atoms in total. The van der Waals surface area contributed by atoms with E-state index in [0.717, 1.165) is 5.75 Å². The highest BCUT2D eigenvalue weighted by molar-refractivity contribution is 6.09. The monoisotopic (exact) mass is 388 g/mol. The van der Waals surface area contributed by atoms with Crippen molar-refractivity contribution in [3.8, 4) is 5.75 Å². The van der Waals surface area contributed by atoms with Crippen molar-refractivity contribution < 1.29 is 4.74 Å². The fourth-order valence-corrected chi connectivity index (χ4v) is 4.96. The Bertz CT molecular complexity index is 1400. The molecule has 0 spiro atoms. The van der Waals surface area contributed by atoms with E-state index >= 15 is 0 Å². The predicted molar refractivity (Wildman–Crippen MR) is 126 cm³/mol. The van der Waals surface area contributed by atoms with Gasteiger partial charge in [0.25, 0.3) is 0 Å². The Morgan fingerprint density at radius 1 is 0.600 bits per heavy atom. The number of aryl methyl sites for hydroxylation is 2. The first-order chi connectivity index (χ1) is 14.8. The first kappa shape index (κ1) is 17.5. The Morgan fingerprint density at radius 3 is 2.37 bits per heavy atom. The molecule has 0 saturated carbocycles. The molecule has 30 heavy (non-hydrogen) atoms. The van der Waals surface area contributed by atoms with Gasteiger partial charge in [0.05, 0.1) is 0 Å². The van der Waals surface area contributed by atoms with Gasteiger partial charge in [-0.05, 0) is 92.9 Å². The SMILES string of the molecule is c1ccc2cc(COc3ccc4c(ccc5c6c(ccc54)CCCC6)c3)ccc2c1. The summed E-state index contributed by atoms with van der Waals surface area (Å²) in [5, 5.41) is 7.89. The van der Waals surface area contributed by atoms with Crippen LogP contribution in [0, 0.1) is 0 Å². The maximum absolute atomic E-state index is 6.15. The topological polar surface area (TPSA) is 9.23 Å². The van der Waals surface area contributed by atoms with Gasteiger partial charge in [-0.2, -0.15) is 0 Å². The third-order valence-electron chi connectivity index (χ3n) is 6.54. The van der Waals surface area contributed by atoms with Crippen LogP contribution in [0.4, 0.5) is 0 Å². The van der Waals surface area contributed by atoms with E-state index < -0.39 is 0 Å². The Balaban J connectivity index is 1.32. The van der Waals surface area contributed by atoms with Crippen LogP contribution in [0.2, 0.25) is 0 Å². The lowest BCUT2D eigenvalue weighted by Gasteiger charge is -2.19. The van der Waals surface area contributed by atoms with E-state index in [4.69, 9.17) is 4.74 Å². The normalized spacial score (nSPS) is 13.6. The first-order valence-electron chi connectivity index (χ1n) is 10.9. The molecular formula is C29H24O. The molecule has 0 amide bonds. The minimum Gasteiger partial charge on any atom is -0.489 e. The summed E-state index contributed by atoms with van der Waals surface area (Å²) in [4.78, 5) is 0. The second kappa shape index (κ2) is 7.18. The van der Waals surface area contributed by atoms with Crippen molar-refractivity contribution in [3.05, 3.63) is 102 Å². The van der Waals surface area contributed by atoms with Crippen molar-refractivity contribution in [3.63, 3.8) is 0 Å². The van der Waals surface area contributed by atoms with E-state index in [1.807, 2.05) is 0 Å². The molecule has 0 atom stereocenters. The van der Waals surface area contributed by atoms with Gasteiger partial charge in [0.15, 0.2) is 0 Å². The summed E-state index contributed by atoms with van der Waals surface area (Å²) in [6, 6.07) is 30.7. The first-order valence-corrected chi connectivity index (χ1v) is 10.9. The fraction of sp³-hybridized carbons (Fsp3) is 0.172. The molecule has 6 rings (SSSR count). The van der Waals surface area contributed by atoms with Crippen molar-refractivity contribution >= 4 is 32.3 Å². The van der Waals surface area contributed by atoms with Crippen LogP contribution in [0.1, 0.15) is 29.5 Å². The molecule has 0 bridgehead atoms. The van der Waals surface area contributed by atoms with Gasteiger partial charge in [0, 0.05) is 0 Å². The van der Waals surface area contributed by atoms with E-state index in [-0.39, 0.29) is 0 Å². The molecule has 5 aromatic carbocycles. The molecule has 0 heterocycles.